The van der Waals surface area contributed by atoms with Crippen molar-refractivity contribution in [2.45, 2.75) is 0 Å². The summed E-state index contributed by atoms with van der Waals surface area (Å²) in [5.74, 6) is -1.30. The highest BCUT2D eigenvalue weighted by atomic mass is 16.6. The van der Waals surface area contributed by atoms with Gasteiger partial charge < -0.3 is 9.52 Å². The summed E-state index contributed by atoms with van der Waals surface area (Å²) in [7, 11) is 0. The molecule has 0 amide bonds. The molecule has 110 valence electrons. The molecule has 0 aromatic carbocycles. The summed E-state index contributed by atoms with van der Waals surface area (Å²) in [5.41, 5.74) is -0.152. The number of nitro groups is 1. The van der Waals surface area contributed by atoms with Crippen molar-refractivity contribution < 1.29 is 19.2 Å². The van der Waals surface area contributed by atoms with Gasteiger partial charge in [0.25, 0.3) is 0 Å². The van der Waals surface area contributed by atoms with Crippen LogP contribution >= 0.6 is 0 Å². The van der Waals surface area contributed by atoms with Crippen molar-refractivity contribution >= 4 is 11.9 Å². The summed E-state index contributed by atoms with van der Waals surface area (Å²) in [6.45, 7) is 0. The highest BCUT2D eigenvalue weighted by Crippen LogP contribution is 2.28. The normalized spacial score (nSPS) is 10.5. The number of carboxylic acids is 1. The second-order valence-electron chi connectivity index (χ2n) is 4.22. The predicted molar refractivity (Wildman–Crippen MR) is 72.7 cm³/mol. The van der Waals surface area contributed by atoms with Crippen molar-refractivity contribution in [3.05, 3.63) is 58.4 Å². The summed E-state index contributed by atoms with van der Waals surface area (Å²) >= 11 is 0. The van der Waals surface area contributed by atoms with Crippen molar-refractivity contribution in [3.63, 3.8) is 0 Å². The molecule has 0 saturated heterocycles. The first kappa shape index (κ1) is 13.5. The van der Waals surface area contributed by atoms with Gasteiger partial charge in [-0.15, -0.1) is 0 Å². The molecule has 0 saturated carbocycles. The average molecular weight is 300 g/mol. The maximum atomic E-state index is 11.3. The molecule has 0 atom stereocenters. The zero-order valence-corrected chi connectivity index (χ0v) is 10.9. The molecular formula is C13H8N4O5. The summed E-state index contributed by atoms with van der Waals surface area (Å²) in [6, 6.07) is 7.52. The zero-order chi connectivity index (χ0) is 15.7. The minimum absolute atomic E-state index is 0.00113. The van der Waals surface area contributed by atoms with Crippen LogP contribution in [0.5, 0.6) is 0 Å². The van der Waals surface area contributed by atoms with E-state index in [0.717, 1.165) is 6.07 Å². The summed E-state index contributed by atoms with van der Waals surface area (Å²) in [5, 5.41) is 24.0. The minimum atomic E-state index is -1.23. The van der Waals surface area contributed by atoms with E-state index in [1.165, 1.54) is 23.1 Å². The van der Waals surface area contributed by atoms with Gasteiger partial charge in [0.1, 0.15) is 16.2 Å². The summed E-state index contributed by atoms with van der Waals surface area (Å²) < 4.78 is 6.28. The van der Waals surface area contributed by atoms with Crippen LogP contribution in [-0.2, 0) is 0 Å². The number of hydrogen-bond acceptors (Lipinski definition) is 6. The first-order valence-electron chi connectivity index (χ1n) is 6.05. The Hall–Kier alpha value is -3.49. The third kappa shape index (κ3) is 2.30. The van der Waals surface area contributed by atoms with Crippen LogP contribution in [0.15, 0.2) is 47.1 Å². The molecule has 9 nitrogen and oxygen atoms in total. The molecule has 3 aromatic rings. The van der Waals surface area contributed by atoms with Crippen LogP contribution in [-0.4, -0.2) is 30.8 Å². The number of pyridine rings is 1. The van der Waals surface area contributed by atoms with Gasteiger partial charge >= 0.3 is 11.9 Å². The Morgan fingerprint density at radius 2 is 2.14 bits per heavy atom. The second kappa shape index (κ2) is 5.13. The van der Waals surface area contributed by atoms with Gasteiger partial charge in [-0.1, -0.05) is 6.07 Å². The molecule has 0 unspecified atom stereocenters. The van der Waals surface area contributed by atoms with Crippen LogP contribution in [0.3, 0.4) is 0 Å². The second-order valence-corrected chi connectivity index (χ2v) is 4.22. The van der Waals surface area contributed by atoms with E-state index in [9.17, 15) is 20.0 Å². The largest absolute Gasteiger partial charge is 0.478 e. The molecule has 0 radical (unpaired) electrons. The highest BCUT2D eigenvalue weighted by Gasteiger charge is 2.23. The fourth-order valence-electron chi connectivity index (χ4n) is 1.87. The van der Waals surface area contributed by atoms with E-state index in [4.69, 9.17) is 4.42 Å². The maximum absolute atomic E-state index is 11.3. The van der Waals surface area contributed by atoms with E-state index in [0.29, 0.717) is 5.82 Å². The van der Waals surface area contributed by atoms with Crippen molar-refractivity contribution in [2.24, 2.45) is 0 Å². The van der Waals surface area contributed by atoms with Crippen LogP contribution in [0.1, 0.15) is 10.4 Å². The number of carbonyl (C=O) groups is 1. The van der Waals surface area contributed by atoms with Gasteiger partial charge in [0.2, 0.25) is 0 Å². The zero-order valence-electron chi connectivity index (χ0n) is 10.9. The standard InChI is InChI=1S/C13H8N4O5/c18-13(19)8-7-16(10-3-1-2-6-14-10)15-12(8)9-4-5-11(22-9)17(20)21/h1-7H,(H,18,19). The summed E-state index contributed by atoms with van der Waals surface area (Å²) in [4.78, 5) is 25.3. The van der Waals surface area contributed by atoms with Gasteiger partial charge in [0.05, 0.1) is 6.07 Å². The SMILES string of the molecule is O=C(O)c1cn(-c2ccccn2)nc1-c1ccc([N+](=O)[O-])o1. The molecule has 9 heteroatoms. The van der Waals surface area contributed by atoms with Gasteiger partial charge in [-0.25, -0.2) is 14.5 Å². The number of furan rings is 1. The lowest BCUT2D eigenvalue weighted by Gasteiger charge is -1.97. The Kier molecular flexibility index (Phi) is 3.14. The van der Waals surface area contributed by atoms with E-state index < -0.39 is 16.8 Å². The summed E-state index contributed by atoms with van der Waals surface area (Å²) in [6.07, 6.45) is 2.81. The number of carboxylic acid groups (broad SMARTS) is 1. The first-order valence-corrected chi connectivity index (χ1v) is 6.05. The molecule has 3 rings (SSSR count). The predicted octanol–water partition coefficient (Wildman–Crippen LogP) is 2.13. The smallest absolute Gasteiger partial charge is 0.433 e. The van der Waals surface area contributed by atoms with Gasteiger partial charge in [-0.3, -0.25) is 10.1 Å². The van der Waals surface area contributed by atoms with Crippen molar-refractivity contribution in [2.75, 3.05) is 0 Å². The number of aromatic carboxylic acids is 1. The molecule has 0 spiro atoms. The van der Waals surface area contributed by atoms with Crippen LogP contribution in [0.2, 0.25) is 0 Å². The molecule has 0 bridgehead atoms. The number of rotatable bonds is 4. The lowest BCUT2D eigenvalue weighted by atomic mass is 10.2. The van der Waals surface area contributed by atoms with Gasteiger partial charge in [-0.2, -0.15) is 5.10 Å². The Morgan fingerprint density at radius 1 is 1.32 bits per heavy atom. The van der Waals surface area contributed by atoms with Gasteiger partial charge in [0, 0.05) is 12.4 Å². The lowest BCUT2D eigenvalue weighted by Crippen LogP contribution is -1.97. The van der Waals surface area contributed by atoms with E-state index in [-0.39, 0.29) is 17.0 Å². The Labute approximate surface area is 122 Å². The fraction of sp³-hybridized carbons (Fsp3) is 0. The Bertz CT molecular complexity index is 852. The molecule has 3 aromatic heterocycles. The average Bonchev–Trinajstić information content (AvgIpc) is 3.15. The molecular weight excluding hydrogens is 292 g/mol. The number of hydrogen-bond donors (Lipinski definition) is 1. The fourth-order valence-corrected chi connectivity index (χ4v) is 1.87. The van der Waals surface area contributed by atoms with Gasteiger partial charge in [-0.05, 0) is 18.2 Å². The van der Waals surface area contributed by atoms with Crippen LogP contribution in [0, 0.1) is 10.1 Å². The van der Waals surface area contributed by atoms with Crippen LogP contribution in [0.4, 0.5) is 5.88 Å². The lowest BCUT2D eigenvalue weighted by molar-refractivity contribution is -0.401. The third-order valence-electron chi connectivity index (χ3n) is 2.83. The Morgan fingerprint density at radius 3 is 2.73 bits per heavy atom. The molecule has 0 aliphatic rings. The van der Waals surface area contributed by atoms with Gasteiger partial charge in [0.15, 0.2) is 11.6 Å². The molecule has 0 fully saturated rings. The monoisotopic (exact) mass is 300 g/mol. The van der Waals surface area contributed by atoms with E-state index in [1.54, 1.807) is 18.2 Å². The topological polar surface area (TPSA) is 124 Å². The van der Waals surface area contributed by atoms with Crippen molar-refractivity contribution in [3.8, 4) is 17.3 Å². The number of nitrogens with zero attached hydrogens (tertiary/aromatic N) is 4. The van der Waals surface area contributed by atoms with E-state index in [2.05, 4.69) is 10.1 Å². The Balaban J connectivity index is 2.12. The third-order valence-corrected chi connectivity index (χ3v) is 2.83. The minimum Gasteiger partial charge on any atom is -0.478 e. The highest BCUT2D eigenvalue weighted by molar-refractivity contribution is 5.94. The van der Waals surface area contributed by atoms with Crippen LogP contribution < -0.4 is 0 Å². The first-order chi connectivity index (χ1) is 10.6. The quantitative estimate of drug-likeness (QED) is 0.578. The molecule has 3 heterocycles. The van der Waals surface area contributed by atoms with Crippen molar-refractivity contribution in [1.29, 1.82) is 0 Å². The van der Waals surface area contributed by atoms with Crippen LogP contribution in [0.25, 0.3) is 17.3 Å². The van der Waals surface area contributed by atoms with Crippen molar-refractivity contribution in [1.82, 2.24) is 14.8 Å². The number of aromatic nitrogens is 3. The maximum Gasteiger partial charge on any atom is 0.433 e. The van der Waals surface area contributed by atoms with E-state index in [1.807, 2.05) is 0 Å². The molecule has 1 N–H and O–H groups in total. The molecule has 0 aliphatic carbocycles. The molecule has 0 aliphatic heterocycles. The molecule has 22 heavy (non-hydrogen) atoms. The van der Waals surface area contributed by atoms with E-state index >= 15 is 0 Å².